The van der Waals surface area contributed by atoms with Crippen LogP contribution in [-0.4, -0.2) is 34.7 Å². The lowest BCUT2D eigenvalue weighted by Gasteiger charge is -2.33. The summed E-state index contributed by atoms with van der Waals surface area (Å²) in [6.45, 7) is 6.00. The maximum atomic E-state index is 14.0. The molecular formula is C17H19FN2O5. The van der Waals surface area contributed by atoms with Gasteiger partial charge in [0.2, 0.25) is 5.82 Å². The van der Waals surface area contributed by atoms with Crippen molar-refractivity contribution in [3.63, 3.8) is 0 Å². The summed E-state index contributed by atoms with van der Waals surface area (Å²) in [6.07, 6.45) is 3.44. The number of fused-ring (bicyclic) bond motifs is 2. The Kier molecular flexibility index (Phi) is 3.93. The van der Waals surface area contributed by atoms with Crippen molar-refractivity contribution in [3.8, 4) is 5.75 Å². The molecule has 25 heavy (non-hydrogen) atoms. The molecule has 134 valence electrons. The first-order valence-corrected chi connectivity index (χ1v) is 7.91. The van der Waals surface area contributed by atoms with Crippen LogP contribution in [0.4, 0.5) is 14.9 Å². The molecule has 3 rings (SSSR count). The number of hydrogen-bond donors (Lipinski definition) is 0. The first-order valence-electron chi connectivity index (χ1n) is 7.91. The highest BCUT2D eigenvalue weighted by atomic mass is 19.1. The lowest BCUT2D eigenvalue weighted by molar-refractivity contribution is -0.387. The first-order chi connectivity index (χ1) is 11.6. The minimum atomic E-state index is -0.892. The molecule has 0 aromatic heterocycles. The van der Waals surface area contributed by atoms with Crippen LogP contribution in [-0.2, 0) is 10.2 Å². The molecule has 0 saturated heterocycles. The summed E-state index contributed by atoms with van der Waals surface area (Å²) in [6, 6.07) is 2.28. The molecule has 0 N–H and O–H groups in total. The van der Waals surface area contributed by atoms with E-state index in [9.17, 15) is 19.3 Å². The Balaban J connectivity index is 1.86. The van der Waals surface area contributed by atoms with Crippen molar-refractivity contribution in [1.82, 2.24) is 4.90 Å². The molecule has 1 unspecified atom stereocenters. The van der Waals surface area contributed by atoms with Gasteiger partial charge in [-0.3, -0.25) is 15.0 Å². The van der Waals surface area contributed by atoms with Crippen LogP contribution in [0.2, 0.25) is 0 Å². The highest BCUT2D eigenvalue weighted by Gasteiger charge is 2.43. The average Bonchev–Trinajstić information content (AvgIpc) is 2.83. The quantitative estimate of drug-likeness (QED) is 0.572. The number of ether oxygens (including phenoxy) is 2. The highest BCUT2D eigenvalue weighted by molar-refractivity contribution is 5.70. The maximum absolute atomic E-state index is 14.0. The number of nitro groups is 1. The van der Waals surface area contributed by atoms with Crippen molar-refractivity contribution in [2.75, 3.05) is 13.2 Å². The van der Waals surface area contributed by atoms with E-state index in [2.05, 4.69) is 0 Å². The Morgan fingerprint density at radius 1 is 1.44 bits per heavy atom. The minimum absolute atomic E-state index is 0.252. The van der Waals surface area contributed by atoms with Gasteiger partial charge in [-0.2, -0.15) is 4.39 Å². The number of amides is 1. The third-order valence-electron chi connectivity index (χ3n) is 4.27. The van der Waals surface area contributed by atoms with Crippen molar-refractivity contribution in [2.45, 2.75) is 38.2 Å². The zero-order valence-electron chi connectivity index (χ0n) is 14.2. The smallest absolute Gasteiger partial charge is 0.414 e. The van der Waals surface area contributed by atoms with Crippen LogP contribution in [0.3, 0.4) is 0 Å². The van der Waals surface area contributed by atoms with Gasteiger partial charge in [-0.25, -0.2) is 4.79 Å². The molecule has 8 heteroatoms. The molecule has 1 amide bonds. The standard InChI is InChI=1S/C17H19FN2O5/c1-16(2,3)25-15(21)19-6-4-17(5-7-19)10-24-14-9-13(20(22)23)12(18)8-11(14)17/h4,6,8-9H,5,7,10H2,1-3H3. The van der Waals surface area contributed by atoms with Gasteiger partial charge in [-0.1, -0.05) is 6.08 Å². The van der Waals surface area contributed by atoms with Gasteiger partial charge in [-0.05, 0) is 33.3 Å². The van der Waals surface area contributed by atoms with Crippen LogP contribution in [0, 0.1) is 15.9 Å². The van der Waals surface area contributed by atoms with Crippen LogP contribution in [0.25, 0.3) is 0 Å². The van der Waals surface area contributed by atoms with Crippen LogP contribution in [0.1, 0.15) is 32.8 Å². The van der Waals surface area contributed by atoms with Crippen LogP contribution < -0.4 is 4.74 Å². The van der Waals surface area contributed by atoms with E-state index in [0.717, 1.165) is 12.1 Å². The molecule has 0 radical (unpaired) electrons. The molecule has 1 aromatic rings. The topological polar surface area (TPSA) is 81.9 Å². The van der Waals surface area contributed by atoms with Gasteiger partial charge in [0, 0.05) is 18.3 Å². The summed E-state index contributed by atoms with van der Waals surface area (Å²) in [4.78, 5) is 23.7. The zero-order valence-corrected chi connectivity index (χ0v) is 14.2. The number of nitro benzene ring substituents is 1. The molecule has 1 spiro atoms. The molecule has 2 heterocycles. The van der Waals surface area contributed by atoms with Crippen molar-refractivity contribution in [2.24, 2.45) is 0 Å². The Labute approximate surface area is 144 Å². The Morgan fingerprint density at radius 2 is 2.16 bits per heavy atom. The highest BCUT2D eigenvalue weighted by Crippen LogP contribution is 2.46. The summed E-state index contributed by atoms with van der Waals surface area (Å²) >= 11 is 0. The number of hydrogen-bond acceptors (Lipinski definition) is 5. The fraction of sp³-hybridized carbons (Fsp3) is 0.471. The largest absolute Gasteiger partial charge is 0.492 e. The molecule has 0 aliphatic carbocycles. The van der Waals surface area contributed by atoms with Crippen LogP contribution in [0.5, 0.6) is 5.75 Å². The predicted molar refractivity (Wildman–Crippen MR) is 86.9 cm³/mol. The number of benzene rings is 1. The van der Waals surface area contributed by atoms with Gasteiger partial charge >= 0.3 is 11.8 Å². The van der Waals surface area contributed by atoms with Gasteiger partial charge in [-0.15, -0.1) is 0 Å². The van der Waals surface area contributed by atoms with Crippen molar-refractivity contribution in [1.29, 1.82) is 0 Å². The summed E-state index contributed by atoms with van der Waals surface area (Å²) in [5.74, 6) is -0.583. The fourth-order valence-electron chi connectivity index (χ4n) is 3.00. The minimum Gasteiger partial charge on any atom is -0.492 e. The number of nitrogens with zero attached hydrogens (tertiary/aromatic N) is 2. The van der Waals surface area contributed by atoms with Crippen molar-refractivity contribution >= 4 is 11.8 Å². The average molecular weight is 350 g/mol. The Morgan fingerprint density at radius 3 is 2.72 bits per heavy atom. The molecule has 0 bridgehead atoms. The molecule has 1 atom stereocenters. The Hall–Kier alpha value is -2.64. The fourth-order valence-corrected chi connectivity index (χ4v) is 3.00. The zero-order chi connectivity index (χ0) is 18.4. The van der Waals surface area contributed by atoms with Crippen LogP contribution >= 0.6 is 0 Å². The van der Waals surface area contributed by atoms with Gasteiger partial charge in [0.15, 0.2) is 0 Å². The monoisotopic (exact) mass is 350 g/mol. The summed E-state index contributed by atoms with van der Waals surface area (Å²) in [7, 11) is 0. The second kappa shape index (κ2) is 5.72. The van der Waals surface area contributed by atoms with E-state index < -0.39 is 33.5 Å². The van der Waals surface area contributed by atoms with E-state index >= 15 is 0 Å². The third kappa shape index (κ3) is 3.16. The van der Waals surface area contributed by atoms with E-state index in [4.69, 9.17) is 9.47 Å². The number of carbonyl (C=O) groups excluding carboxylic acids is 1. The molecule has 0 fully saturated rings. The van der Waals surface area contributed by atoms with E-state index in [1.807, 2.05) is 0 Å². The van der Waals surface area contributed by atoms with E-state index in [0.29, 0.717) is 24.3 Å². The molecule has 2 aliphatic rings. The van der Waals surface area contributed by atoms with E-state index in [1.165, 1.54) is 4.90 Å². The van der Waals surface area contributed by atoms with E-state index in [1.54, 1.807) is 33.0 Å². The molecular weight excluding hydrogens is 331 g/mol. The molecule has 0 saturated carbocycles. The normalized spacial score (nSPS) is 21.8. The lowest BCUT2D eigenvalue weighted by atomic mass is 9.78. The Bertz CT molecular complexity index is 771. The van der Waals surface area contributed by atoms with Gasteiger partial charge in [0.05, 0.1) is 16.4 Å². The number of carbonyl (C=O) groups is 1. The van der Waals surface area contributed by atoms with Crippen molar-refractivity contribution in [3.05, 3.63) is 45.9 Å². The predicted octanol–water partition coefficient (Wildman–Crippen LogP) is 3.52. The summed E-state index contributed by atoms with van der Waals surface area (Å²) < 4.78 is 24.9. The summed E-state index contributed by atoms with van der Waals surface area (Å²) in [5, 5.41) is 10.9. The van der Waals surface area contributed by atoms with E-state index in [-0.39, 0.29) is 6.61 Å². The molecule has 7 nitrogen and oxygen atoms in total. The molecule has 1 aromatic carbocycles. The molecule has 2 aliphatic heterocycles. The second-order valence-electron chi connectivity index (χ2n) is 7.24. The SMILES string of the molecule is CC(C)(C)OC(=O)N1C=CC2(CC1)COc1cc([N+](=O)[O-])c(F)cc12. The second-order valence-corrected chi connectivity index (χ2v) is 7.24. The number of rotatable bonds is 1. The van der Waals surface area contributed by atoms with Crippen molar-refractivity contribution < 1.29 is 23.6 Å². The van der Waals surface area contributed by atoms with Crippen LogP contribution in [0.15, 0.2) is 24.4 Å². The first kappa shape index (κ1) is 17.2. The van der Waals surface area contributed by atoms with Gasteiger partial charge in [0.25, 0.3) is 0 Å². The third-order valence-corrected chi connectivity index (χ3v) is 4.27. The maximum Gasteiger partial charge on any atom is 0.414 e. The van der Waals surface area contributed by atoms with Gasteiger partial charge in [0.1, 0.15) is 18.0 Å². The van der Waals surface area contributed by atoms with Gasteiger partial charge < -0.3 is 9.47 Å². The lowest BCUT2D eigenvalue weighted by Crippen LogP contribution is -2.41. The summed E-state index contributed by atoms with van der Waals surface area (Å²) in [5.41, 5.74) is -1.23. The number of halogens is 1.